The van der Waals surface area contributed by atoms with E-state index in [1.54, 1.807) is 6.20 Å². The van der Waals surface area contributed by atoms with Gasteiger partial charge in [-0.15, -0.1) is 0 Å². The van der Waals surface area contributed by atoms with E-state index >= 15 is 0 Å². The zero-order valence-corrected chi connectivity index (χ0v) is 13.3. The second-order valence-corrected chi connectivity index (χ2v) is 6.46. The number of nitrogens with one attached hydrogen (secondary N) is 1. The fraction of sp³-hybridized carbons (Fsp3) is 0.800. The third-order valence-corrected chi connectivity index (χ3v) is 4.75. The number of aliphatic hydroxyl groups excluding tert-OH is 1. The highest BCUT2D eigenvalue weighted by molar-refractivity contribution is 4.95. The predicted octanol–water partition coefficient (Wildman–Crippen LogP) is 0.369. The standard InChI is InChI=1S/C15H24F2N4O2/c1-20-7-4-18-13(20)8-19-11-10-23-12(14(11)22)9-21-5-2-15(16,17)3-6-21/h4,7,11-12,14,19,22H,2-3,5-6,8-10H2,1H3/t11-,12-,14+/m0/s1. The van der Waals surface area contributed by atoms with Crippen molar-refractivity contribution >= 4 is 0 Å². The van der Waals surface area contributed by atoms with Crippen molar-refractivity contribution in [1.82, 2.24) is 19.8 Å². The van der Waals surface area contributed by atoms with E-state index in [9.17, 15) is 13.9 Å². The Hall–Kier alpha value is -1.09. The molecule has 0 spiro atoms. The van der Waals surface area contributed by atoms with E-state index in [0.717, 1.165) is 5.82 Å². The summed E-state index contributed by atoms with van der Waals surface area (Å²) in [6.45, 7) is 2.17. The monoisotopic (exact) mass is 330 g/mol. The van der Waals surface area contributed by atoms with Crippen LogP contribution < -0.4 is 5.32 Å². The first-order valence-corrected chi connectivity index (χ1v) is 8.04. The van der Waals surface area contributed by atoms with Crippen LogP contribution >= 0.6 is 0 Å². The maximum atomic E-state index is 13.2. The fourth-order valence-corrected chi connectivity index (χ4v) is 3.13. The normalized spacial score (nSPS) is 31.6. The van der Waals surface area contributed by atoms with Gasteiger partial charge in [0.2, 0.25) is 0 Å². The molecule has 2 fully saturated rings. The van der Waals surface area contributed by atoms with Gasteiger partial charge in [0.15, 0.2) is 0 Å². The SMILES string of the molecule is Cn1ccnc1CN[C@H]1CO[C@@H](CN2CCC(F)(F)CC2)[C@@H]1O. The van der Waals surface area contributed by atoms with E-state index in [1.165, 1.54) is 0 Å². The Morgan fingerprint density at radius 1 is 1.43 bits per heavy atom. The number of aromatic nitrogens is 2. The molecule has 0 saturated carbocycles. The Balaban J connectivity index is 1.45. The number of aliphatic hydroxyl groups is 1. The molecule has 0 aromatic carbocycles. The van der Waals surface area contributed by atoms with Gasteiger partial charge in [-0.3, -0.25) is 0 Å². The maximum absolute atomic E-state index is 13.2. The van der Waals surface area contributed by atoms with Crippen molar-refractivity contribution < 1.29 is 18.6 Å². The number of hydrogen-bond donors (Lipinski definition) is 2. The highest BCUT2D eigenvalue weighted by Gasteiger charge is 2.39. The van der Waals surface area contributed by atoms with Gasteiger partial charge in [0.1, 0.15) is 5.82 Å². The van der Waals surface area contributed by atoms with Gasteiger partial charge < -0.3 is 24.6 Å². The van der Waals surface area contributed by atoms with Gasteiger partial charge >= 0.3 is 0 Å². The van der Waals surface area contributed by atoms with Crippen LogP contribution in [0.25, 0.3) is 0 Å². The molecule has 1 aromatic heterocycles. The van der Waals surface area contributed by atoms with Crippen LogP contribution in [0.15, 0.2) is 12.4 Å². The van der Waals surface area contributed by atoms with Crippen LogP contribution in [-0.2, 0) is 18.3 Å². The third kappa shape index (κ3) is 4.06. The molecule has 1 aromatic rings. The number of aryl methyl sites for hydroxylation is 1. The Labute approximate surface area is 134 Å². The number of nitrogens with zero attached hydrogens (tertiary/aromatic N) is 3. The molecule has 8 heteroatoms. The zero-order chi connectivity index (χ0) is 16.4. The largest absolute Gasteiger partial charge is 0.389 e. The molecule has 0 radical (unpaired) electrons. The number of hydrogen-bond acceptors (Lipinski definition) is 5. The predicted molar refractivity (Wildman–Crippen MR) is 80.2 cm³/mol. The van der Waals surface area contributed by atoms with Crippen molar-refractivity contribution in [1.29, 1.82) is 0 Å². The summed E-state index contributed by atoms with van der Waals surface area (Å²) in [5.74, 6) is -1.66. The first kappa shape index (κ1) is 16.8. The summed E-state index contributed by atoms with van der Waals surface area (Å²) in [6.07, 6.45) is 2.40. The Kier molecular flexibility index (Phi) is 4.96. The number of imidazole rings is 1. The fourth-order valence-electron chi connectivity index (χ4n) is 3.13. The molecule has 23 heavy (non-hydrogen) atoms. The minimum Gasteiger partial charge on any atom is -0.389 e. The van der Waals surface area contributed by atoms with Crippen molar-refractivity contribution in [3.8, 4) is 0 Å². The van der Waals surface area contributed by atoms with Crippen LogP contribution in [0.1, 0.15) is 18.7 Å². The van der Waals surface area contributed by atoms with Crippen LogP contribution in [-0.4, -0.2) is 70.0 Å². The van der Waals surface area contributed by atoms with Crippen molar-refractivity contribution in [2.24, 2.45) is 7.05 Å². The van der Waals surface area contributed by atoms with Gasteiger partial charge in [0, 0.05) is 51.9 Å². The minimum atomic E-state index is -2.54. The number of halogens is 2. The number of piperidine rings is 1. The van der Waals surface area contributed by atoms with Gasteiger partial charge in [-0.25, -0.2) is 13.8 Å². The van der Waals surface area contributed by atoms with Crippen molar-refractivity contribution in [3.63, 3.8) is 0 Å². The first-order chi connectivity index (χ1) is 10.9. The molecule has 6 nitrogen and oxygen atoms in total. The number of likely N-dealkylation sites (tertiary alicyclic amines) is 1. The van der Waals surface area contributed by atoms with Crippen LogP contribution in [0.3, 0.4) is 0 Å². The Morgan fingerprint density at radius 3 is 2.83 bits per heavy atom. The summed E-state index contributed by atoms with van der Waals surface area (Å²) in [6, 6.07) is -0.164. The average Bonchev–Trinajstić information content (AvgIpc) is 3.06. The Bertz CT molecular complexity index is 515. The highest BCUT2D eigenvalue weighted by Crippen LogP contribution is 2.28. The quantitative estimate of drug-likeness (QED) is 0.817. The van der Waals surface area contributed by atoms with E-state index in [0.29, 0.717) is 32.8 Å². The molecule has 0 unspecified atom stereocenters. The molecule has 2 saturated heterocycles. The lowest BCUT2D eigenvalue weighted by atomic mass is 10.0. The van der Waals surface area contributed by atoms with E-state index in [1.807, 2.05) is 22.7 Å². The topological polar surface area (TPSA) is 62.5 Å². The van der Waals surface area contributed by atoms with Gasteiger partial charge in [0.25, 0.3) is 5.92 Å². The number of rotatable bonds is 5. The molecule has 2 N–H and O–H groups in total. The molecule has 2 aliphatic rings. The molecule has 0 aliphatic carbocycles. The van der Waals surface area contributed by atoms with Crippen LogP contribution in [0.2, 0.25) is 0 Å². The molecule has 3 atom stereocenters. The van der Waals surface area contributed by atoms with Crippen LogP contribution in [0.4, 0.5) is 8.78 Å². The Morgan fingerprint density at radius 2 is 2.17 bits per heavy atom. The molecular weight excluding hydrogens is 306 g/mol. The van der Waals surface area contributed by atoms with Crippen molar-refractivity contribution in [2.45, 2.75) is 43.6 Å². The molecule has 2 aliphatic heterocycles. The van der Waals surface area contributed by atoms with Crippen molar-refractivity contribution in [2.75, 3.05) is 26.2 Å². The molecule has 0 bridgehead atoms. The van der Waals surface area contributed by atoms with E-state index < -0.39 is 12.0 Å². The lowest BCUT2D eigenvalue weighted by molar-refractivity contribution is -0.0674. The molecular formula is C15H24F2N4O2. The second kappa shape index (κ2) is 6.80. The first-order valence-electron chi connectivity index (χ1n) is 8.04. The van der Waals surface area contributed by atoms with Gasteiger partial charge in [-0.1, -0.05) is 0 Å². The summed E-state index contributed by atoms with van der Waals surface area (Å²) < 4.78 is 33.9. The van der Waals surface area contributed by atoms with Gasteiger partial charge in [-0.2, -0.15) is 0 Å². The summed E-state index contributed by atoms with van der Waals surface area (Å²) in [4.78, 5) is 6.18. The number of ether oxygens (including phenoxy) is 1. The molecule has 3 heterocycles. The zero-order valence-electron chi connectivity index (χ0n) is 13.3. The van der Waals surface area contributed by atoms with Gasteiger partial charge in [-0.05, 0) is 0 Å². The summed E-state index contributed by atoms with van der Waals surface area (Å²) in [5.41, 5.74) is 0. The average molecular weight is 330 g/mol. The lowest BCUT2D eigenvalue weighted by Gasteiger charge is -2.33. The molecule has 130 valence electrons. The van der Waals surface area contributed by atoms with E-state index in [-0.39, 0.29) is 25.0 Å². The summed E-state index contributed by atoms with van der Waals surface area (Å²) >= 11 is 0. The van der Waals surface area contributed by atoms with Crippen LogP contribution in [0, 0.1) is 0 Å². The molecule has 0 amide bonds. The second-order valence-electron chi connectivity index (χ2n) is 6.46. The maximum Gasteiger partial charge on any atom is 0.250 e. The highest BCUT2D eigenvalue weighted by atomic mass is 19.3. The van der Waals surface area contributed by atoms with E-state index in [2.05, 4.69) is 10.3 Å². The smallest absolute Gasteiger partial charge is 0.250 e. The summed E-state index contributed by atoms with van der Waals surface area (Å²) in [5, 5.41) is 13.6. The molecule has 3 rings (SSSR count). The third-order valence-electron chi connectivity index (χ3n) is 4.75. The van der Waals surface area contributed by atoms with Crippen LogP contribution in [0.5, 0.6) is 0 Å². The summed E-state index contributed by atoms with van der Waals surface area (Å²) in [7, 11) is 1.92. The van der Waals surface area contributed by atoms with Crippen molar-refractivity contribution in [3.05, 3.63) is 18.2 Å². The van der Waals surface area contributed by atoms with E-state index in [4.69, 9.17) is 4.74 Å². The lowest BCUT2D eigenvalue weighted by Crippen LogP contribution is -2.47. The van der Waals surface area contributed by atoms with Gasteiger partial charge in [0.05, 0.1) is 31.4 Å². The minimum absolute atomic E-state index is 0.114. The number of alkyl halides is 2.